The minimum absolute atomic E-state index is 0.364. The molecule has 0 aliphatic rings. The van der Waals surface area contributed by atoms with E-state index in [-0.39, 0.29) is 0 Å². The number of hydrogen-bond donors (Lipinski definition) is 1. The fourth-order valence-corrected chi connectivity index (χ4v) is 1.67. The zero-order valence-corrected chi connectivity index (χ0v) is 9.39. The third-order valence-electron chi connectivity index (χ3n) is 2.66. The highest BCUT2D eigenvalue weighted by molar-refractivity contribution is 4.54. The van der Waals surface area contributed by atoms with Crippen molar-refractivity contribution in [1.82, 2.24) is 0 Å². The van der Waals surface area contributed by atoms with Gasteiger partial charge in [-0.25, -0.2) is 0 Å². The fourth-order valence-electron chi connectivity index (χ4n) is 1.67. The van der Waals surface area contributed by atoms with Crippen molar-refractivity contribution in [2.24, 2.45) is 5.92 Å². The highest BCUT2D eigenvalue weighted by atomic mass is 16.2. The Kier molecular flexibility index (Phi) is 10.0. The molecule has 0 bridgehead atoms. The fraction of sp³-hybridized carbons (Fsp3) is 1.00. The van der Waals surface area contributed by atoms with Crippen LogP contribution in [0, 0.1) is 5.92 Å². The average molecular weight is 186 g/mol. The second kappa shape index (κ2) is 10.0. The summed E-state index contributed by atoms with van der Waals surface area (Å²) in [7, 11) is 0. The van der Waals surface area contributed by atoms with Crippen molar-refractivity contribution in [2.45, 2.75) is 65.2 Å². The summed E-state index contributed by atoms with van der Waals surface area (Å²) < 4.78 is 0. The lowest BCUT2D eigenvalue weighted by molar-refractivity contribution is 0.277. The number of unbranched alkanes of at least 4 members (excludes halogenated alkanes) is 4. The van der Waals surface area contributed by atoms with Crippen molar-refractivity contribution < 1.29 is 5.11 Å². The Morgan fingerprint density at radius 2 is 1.54 bits per heavy atom. The van der Waals surface area contributed by atoms with E-state index in [1.807, 2.05) is 0 Å². The highest BCUT2D eigenvalue weighted by Crippen LogP contribution is 2.15. The van der Waals surface area contributed by atoms with E-state index in [1.54, 1.807) is 0 Å². The Morgan fingerprint density at radius 3 is 2.08 bits per heavy atom. The van der Waals surface area contributed by atoms with E-state index < -0.39 is 0 Å². The predicted molar refractivity (Wildman–Crippen MR) is 58.9 cm³/mol. The normalized spacial score (nSPS) is 13.2. The topological polar surface area (TPSA) is 20.2 Å². The van der Waals surface area contributed by atoms with Crippen LogP contribution in [0.3, 0.4) is 0 Å². The summed E-state index contributed by atoms with van der Waals surface area (Å²) >= 11 is 0. The van der Waals surface area contributed by atoms with Crippen LogP contribution in [0.25, 0.3) is 0 Å². The lowest BCUT2D eigenvalue weighted by atomic mass is 9.97. The van der Waals surface area contributed by atoms with Crippen LogP contribution in [-0.4, -0.2) is 11.7 Å². The minimum Gasteiger partial charge on any atom is -0.396 e. The summed E-state index contributed by atoms with van der Waals surface area (Å²) in [5.74, 6) is 0.864. The Balaban J connectivity index is 3.05. The van der Waals surface area contributed by atoms with Crippen molar-refractivity contribution in [3.63, 3.8) is 0 Å². The summed E-state index contributed by atoms with van der Waals surface area (Å²) in [4.78, 5) is 0. The maximum absolute atomic E-state index is 8.63. The van der Waals surface area contributed by atoms with E-state index in [0.717, 1.165) is 12.3 Å². The van der Waals surface area contributed by atoms with Gasteiger partial charge < -0.3 is 5.11 Å². The largest absolute Gasteiger partial charge is 0.396 e. The molecule has 1 N–H and O–H groups in total. The van der Waals surface area contributed by atoms with Gasteiger partial charge in [0.25, 0.3) is 0 Å². The predicted octanol–water partition coefficient (Wildman–Crippen LogP) is 3.76. The third kappa shape index (κ3) is 9.88. The number of aliphatic hydroxyl groups is 1. The lowest BCUT2D eigenvalue weighted by Crippen LogP contribution is -1.95. The van der Waals surface area contributed by atoms with Gasteiger partial charge in [-0.2, -0.15) is 0 Å². The molecule has 0 fully saturated rings. The standard InChI is InChI=1S/C12H26O/c1-3-4-5-6-9-12(2)10-7-8-11-13/h12-13H,3-11H2,1-2H3. The first kappa shape index (κ1) is 13.0. The van der Waals surface area contributed by atoms with Crippen molar-refractivity contribution in [3.8, 4) is 0 Å². The van der Waals surface area contributed by atoms with Gasteiger partial charge in [0, 0.05) is 6.61 Å². The van der Waals surface area contributed by atoms with E-state index in [4.69, 9.17) is 5.11 Å². The molecule has 0 rings (SSSR count). The summed E-state index contributed by atoms with van der Waals surface area (Å²) in [6.45, 7) is 4.95. The molecule has 13 heavy (non-hydrogen) atoms. The highest BCUT2D eigenvalue weighted by Gasteiger charge is 2.00. The molecule has 80 valence electrons. The van der Waals surface area contributed by atoms with Crippen LogP contribution in [0.2, 0.25) is 0 Å². The zero-order chi connectivity index (χ0) is 9.94. The molecule has 0 aliphatic carbocycles. The van der Waals surface area contributed by atoms with Gasteiger partial charge in [0.2, 0.25) is 0 Å². The molecule has 0 aliphatic heterocycles. The summed E-state index contributed by atoms with van der Waals surface area (Å²) in [6.07, 6.45) is 10.4. The van der Waals surface area contributed by atoms with Gasteiger partial charge in [0.15, 0.2) is 0 Å². The first-order valence-electron chi connectivity index (χ1n) is 5.92. The molecule has 1 atom stereocenters. The molecular formula is C12H26O. The summed E-state index contributed by atoms with van der Waals surface area (Å²) in [6, 6.07) is 0. The van der Waals surface area contributed by atoms with E-state index in [2.05, 4.69) is 13.8 Å². The van der Waals surface area contributed by atoms with Crippen LogP contribution in [-0.2, 0) is 0 Å². The Labute approximate surface area is 83.5 Å². The van der Waals surface area contributed by atoms with Gasteiger partial charge in [-0.1, -0.05) is 58.8 Å². The molecule has 0 aromatic heterocycles. The van der Waals surface area contributed by atoms with Gasteiger partial charge in [0.05, 0.1) is 0 Å². The molecule has 0 amide bonds. The molecule has 1 unspecified atom stereocenters. The maximum atomic E-state index is 8.63. The average Bonchev–Trinajstić information content (AvgIpc) is 2.13. The molecule has 1 nitrogen and oxygen atoms in total. The summed E-state index contributed by atoms with van der Waals surface area (Å²) in [5, 5.41) is 8.63. The van der Waals surface area contributed by atoms with Gasteiger partial charge >= 0.3 is 0 Å². The molecule has 0 spiro atoms. The monoisotopic (exact) mass is 186 g/mol. The van der Waals surface area contributed by atoms with Crippen molar-refractivity contribution in [2.75, 3.05) is 6.61 Å². The first-order chi connectivity index (χ1) is 6.31. The Hall–Kier alpha value is -0.0400. The molecule has 0 radical (unpaired) electrons. The van der Waals surface area contributed by atoms with Gasteiger partial charge in [0.1, 0.15) is 0 Å². The number of rotatable bonds is 9. The maximum Gasteiger partial charge on any atom is 0.0431 e. The number of hydrogen-bond acceptors (Lipinski definition) is 1. The molecule has 0 aromatic rings. The quantitative estimate of drug-likeness (QED) is 0.544. The second-order valence-electron chi connectivity index (χ2n) is 4.17. The van der Waals surface area contributed by atoms with E-state index >= 15 is 0 Å². The van der Waals surface area contributed by atoms with Crippen LogP contribution in [0.15, 0.2) is 0 Å². The number of aliphatic hydroxyl groups excluding tert-OH is 1. The van der Waals surface area contributed by atoms with Crippen LogP contribution >= 0.6 is 0 Å². The first-order valence-corrected chi connectivity index (χ1v) is 5.92. The molecule has 0 saturated heterocycles. The van der Waals surface area contributed by atoms with Gasteiger partial charge in [-0.15, -0.1) is 0 Å². The minimum atomic E-state index is 0.364. The van der Waals surface area contributed by atoms with Crippen molar-refractivity contribution in [3.05, 3.63) is 0 Å². The van der Waals surface area contributed by atoms with Crippen LogP contribution in [0.4, 0.5) is 0 Å². The van der Waals surface area contributed by atoms with E-state index in [0.29, 0.717) is 6.61 Å². The Bertz CT molecular complexity index is 91.1. The second-order valence-corrected chi connectivity index (χ2v) is 4.17. The summed E-state index contributed by atoms with van der Waals surface area (Å²) in [5.41, 5.74) is 0. The van der Waals surface area contributed by atoms with Crippen LogP contribution in [0.5, 0.6) is 0 Å². The van der Waals surface area contributed by atoms with Gasteiger partial charge in [-0.3, -0.25) is 0 Å². The van der Waals surface area contributed by atoms with Gasteiger partial charge in [-0.05, 0) is 12.3 Å². The Morgan fingerprint density at radius 1 is 0.923 bits per heavy atom. The molecule has 0 heterocycles. The lowest BCUT2D eigenvalue weighted by Gasteiger charge is -2.09. The van der Waals surface area contributed by atoms with Crippen molar-refractivity contribution in [1.29, 1.82) is 0 Å². The van der Waals surface area contributed by atoms with Crippen LogP contribution in [0.1, 0.15) is 65.2 Å². The smallest absolute Gasteiger partial charge is 0.0431 e. The molecule has 0 saturated carbocycles. The van der Waals surface area contributed by atoms with E-state index in [9.17, 15) is 0 Å². The SMILES string of the molecule is CCCCCCC(C)CCCCO. The van der Waals surface area contributed by atoms with Crippen molar-refractivity contribution >= 4 is 0 Å². The molecule has 0 aromatic carbocycles. The third-order valence-corrected chi connectivity index (χ3v) is 2.66. The van der Waals surface area contributed by atoms with Crippen LogP contribution < -0.4 is 0 Å². The van der Waals surface area contributed by atoms with E-state index in [1.165, 1.54) is 44.9 Å². The zero-order valence-electron chi connectivity index (χ0n) is 9.39. The molecule has 1 heteroatoms. The molecular weight excluding hydrogens is 160 g/mol.